The number of aromatic carboxylic acids is 1. The standard InChI is InChI=1S/C24H15F2N3O6S/c1-34-17-7-14(26)16(29-22(30)19-15(28-24(29)33)10-36-21(19)23(31)32)8-18(17)35-9-12-13(25)5-4-11-3-2-6-27-20(11)12/h2-8,10H,9H2,1H3,(H,28,33)(H,31,32). The van der Waals surface area contributed by atoms with E-state index in [0.29, 0.717) is 15.5 Å². The van der Waals surface area contributed by atoms with E-state index in [-0.39, 0.29) is 39.4 Å². The number of thiophene rings is 1. The molecule has 0 aliphatic heterocycles. The molecule has 0 atom stereocenters. The highest BCUT2D eigenvalue weighted by atomic mass is 32.1. The van der Waals surface area contributed by atoms with Crippen LogP contribution in [0.3, 0.4) is 0 Å². The number of nitrogens with zero attached hydrogens (tertiary/aromatic N) is 2. The summed E-state index contributed by atoms with van der Waals surface area (Å²) in [6.45, 7) is -0.320. The summed E-state index contributed by atoms with van der Waals surface area (Å²) in [5.41, 5.74) is -1.98. The highest BCUT2D eigenvalue weighted by molar-refractivity contribution is 7.13. The molecular weight excluding hydrogens is 496 g/mol. The molecule has 2 aromatic carbocycles. The van der Waals surface area contributed by atoms with Crippen LogP contribution in [0.15, 0.2) is 57.6 Å². The summed E-state index contributed by atoms with van der Waals surface area (Å²) < 4.78 is 41.0. The number of rotatable bonds is 6. The van der Waals surface area contributed by atoms with Gasteiger partial charge in [0, 0.05) is 29.1 Å². The van der Waals surface area contributed by atoms with Crippen LogP contribution < -0.4 is 20.7 Å². The number of ether oxygens (including phenoxy) is 2. The number of methoxy groups -OCH3 is 1. The minimum atomic E-state index is -1.37. The fourth-order valence-electron chi connectivity index (χ4n) is 3.85. The van der Waals surface area contributed by atoms with Gasteiger partial charge in [0.15, 0.2) is 17.3 Å². The maximum Gasteiger partial charge on any atom is 0.346 e. The first-order chi connectivity index (χ1) is 17.3. The zero-order chi connectivity index (χ0) is 25.6. The zero-order valence-corrected chi connectivity index (χ0v) is 19.2. The third kappa shape index (κ3) is 3.77. The lowest BCUT2D eigenvalue weighted by Crippen LogP contribution is -2.34. The van der Waals surface area contributed by atoms with Crippen LogP contribution in [0.5, 0.6) is 11.5 Å². The topological polar surface area (TPSA) is 124 Å². The second-order valence-corrected chi connectivity index (χ2v) is 8.45. The van der Waals surface area contributed by atoms with Gasteiger partial charge in [-0.05, 0) is 18.2 Å². The van der Waals surface area contributed by atoms with Crippen molar-refractivity contribution in [3.8, 4) is 17.2 Å². The number of halogens is 2. The van der Waals surface area contributed by atoms with E-state index >= 15 is 4.39 Å². The average Bonchev–Trinajstić information content (AvgIpc) is 3.29. The van der Waals surface area contributed by atoms with E-state index in [9.17, 15) is 23.9 Å². The minimum Gasteiger partial charge on any atom is -0.493 e. The summed E-state index contributed by atoms with van der Waals surface area (Å²) in [6.07, 6.45) is 1.51. The Labute approximate surface area is 203 Å². The van der Waals surface area contributed by atoms with Crippen molar-refractivity contribution in [1.29, 1.82) is 0 Å². The maximum atomic E-state index is 15.1. The summed E-state index contributed by atoms with van der Waals surface area (Å²) in [5.74, 6) is -3.10. The average molecular weight is 511 g/mol. The molecule has 0 bridgehead atoms. The normalized spacial score (nSPS) is 11.2. The molecule has 0 saturated carbocycles. The third-order valence-electron chi connectivity index (χ3n) is 5.52. The van der Waals surface area contributed by atoms with E-state index in [1.807, 2.05) is 0 Å². The lowest BCUT2D eigenvalue weighted by atomic mass is 10.1. The number of H-pyrrole nitrogens is 1. The summed E-state index contributed by atoms with van der Waals surface area (Å²) in [6, 6.07) is 8.26. The first kappa shape index (κ1) is 23.2. The molecule has 0 fully saturated rings. The molecule has 182 valence electrons. The van der Waals surface area contributed by atoms with Crippen molar-refractivity contribution < 1.29 is 28.2 Å². The molecule has 9 nitrogen and oxygen atoms in total. The Morgan fingerprint density at radius 3 is 2.72 bits per heavy atom. The van der Waals surface area contributed by atoms with Gasteiger partial charge >= 0.3 is 11.7 Å². The summed E-state index contributed by atoms with van der Waals surface area (Å²) in [5, 5.41) is 11.1. The predicted octanol–water partition coefficient (Wildman–Crippen LogP) is 3.85. The molecule has 3 heterocycles. The molecule has 2 N–H and O–H groups in total. The number of hydrogen-bond acceptors (Lipinski definition) is 7. The van der Waals surface area contributed by atoms with Crippen LogP contribution >= 0.6 is 11.3 Å². The van der Waals surface area contributed by atoms with Gasteiger partial charge in [-0.3, -0.25) is 9.78 Å². The van der Waals surface area contributed by atoms with E-state index in [1.54, 1.807) is 18.2 Å². The Bertz CT molecular complexity index is 1790. The van der Waals surface area contributed by atoms with Crippen LogP contribution in [0.1, 0.15) is 15.2 Å². The molecule has 0 aliphatic rings. The van der Waals surface area contributed by atoms with E-state index < -0.39 is 34.5 Å². The molecule has 0 aliphatic carbocycles. The van der Waals surface area contributed by atoms with Gasteiger partial charge in [0.2, 0.25) is 0 Å². The molecule has 0 spiro atoms. The summed E-state index contributed by atoms with van der Waals surface area (Å²) in [7, 11) is 1.26. The molecule has 3 aromatic heterocycles. The number of hydrogen-bond donors (Lipinski definition) is 2. The summed E-state index contributed by atoms with van der Waals surface area (Å²) in [4.78, 5) is 43.6. The second-order valence-electron chi connectivity index (χ2n) is 7.57. The lowest BCUT2D eigenvalue weighted by Gasteiger charge is -2.15. The Morgan fingerprint density at radius 2 is 1.97 bits per heavy atom. The van der Waals surface area contributed by atoms with Crippen LogP contribution in [0, 0.1) is 11.6 Å². The fraction of sp³-hybridized carbons (Fsp3) is 0.0833. The molecule has 0 radical (unpaired) electrons. The van der Waals surface area contributed by atoms with Gasteiger partial charge in [-0.2, -0.15) is 0 Å². The Kier molecular flexibility index (Phi) is 5.72. The maximum absolute atomic E-state index is 15.1. The molecule has 0 amide bonds. The first-order valence-corrected chi connectivity index (χ1v) is 11.2. The Hall–Kier alpha value is -4.58. The smallest absolute Gasteiger partial charge is 0.346 e. The van der Waals surface area contributed by atoms with Gasteiger partial charge in [-0.1, -0.05) is 6.07 Å². The van der Waals surface area contributed by atoms with Crippen LogP contribution in [0.2, 0.25) is 0 Å². The SMILES string of the molecule is COc1cc(F)c(-n2c(=O)[nH]c3csc(C(=O)O)c3c2=O)cc1OCc1c(F)ccc2cccnc12. The van der Waals surface area contributed by atoms with Crippen molar-refractivity contribution in [3.05, 3.63) is 90.9 Å². The van der Waals surface area contributed by atoms with Gasteiger partial charge in [-0.25, -0.2) is 22.9 Å². The molecule has 5 aromatic rings. The van der Waals surface area contributed by atoms with E-state index in [1.165, 1.54) is 24.8 Å². The number of aromatic amines is 1. The quantitative estimate of drug-likeness (QED) is 0.355. The number of fused-ring (bicyclic) bond motifs is 2. The van der Waals surface area contributed by atoms with Crippen LogP contribution in [-0.4, -0.2) is 32.7 Å². The van der Waals surface area contributed by atoms with Crippen LogP contribution in [0.4, 0.5) is 8.78 Å². The highest BCUT2D eigenvalue weighted by Crippen LogP contribution is 2.33. The summed E-state index contributed by atoms with van der Waals surface area (Å²) >= 11 is 0.756. The van der Waals surface area contributed by atoms with Crippen molar-refractivity contribution in [3.63, 3.8) is 0 Å². The first-order valence-electron chi connectivity index (χ1n) is 10.3. The number of carboxylic acids is 1. The zero-order valence-electron chi connectivity index (χ0n) is 18.4. The van der Waals surface area contributed by atoms with Gasteiger partial charge in [0.1, 0.15) is 17.3 Å². The number of carbonyl (C=O) groups is 1. The van der Waals surface area contributed by atoms with Crippen LogP contribution in [0.25, 0.3) is 27.5 Å². The van der Waals surface area contributed by atoms with E-state index in [0.717, 1.165) is 23.5 Å². The number of nitrogens with one attached hydrogen (secondary N) is 1. The van der Waals surface area contributed by atoms with Crippen LogP contribution in [-0.2, 0) is 6.61 Å². The van der Waals surface area contributed by atoms with Gasteiger partial charge in [0.25, 0.3) is 5.56 Å². The minimum absolute atomic E-state index is 0.0213. The molecule has 36 heavy (non-hydrogen) atoms. The molecule has 0 unspecified atom stereocenters. The van der Waals surface area contributed by atoms with Crippen molar-refractivity contribution >= 4 is 39.1 Å². The van der Waals surface area contributed by atoms with Crippen molar-refractivity contribution in [1.82, 2.24) is 14.5 Å². The van der Waals surface area contributed by atoms with E-state index in [4.69, 9.17) is 9.47 Å². The molecular formula is C24H15F2N3O6S. The number of carboxylic acid groups (broad SMARTS) is 1. The van der Waals surface area contributed by atoms with Crippen molar-refractivity contribution in [2.24, 2.45) is 0 Å². The van der Waals surface area contributed by atoms with Crippen molar-refractivity contribution in [2.75, 3.05) is 7.11 Å². The Balaban J connectivity index is 1.64. The molecule has 5 rings (SSSR count). The van der Waals surface area contributed by atoms with E-state index in [2.05, 4.69) is 9.97 Å². The third-order valence-corrected chi connectivity index (χ3v) is 6.48. The fourth-order valence-corrected chi connectivity index (χ4v) is 4.68. The lowest BCUT2D eigenvalue weighted by molar-refractivity contribution is 0.0704. The molecule has 12 heteroatoms. The Morgan fingerprint density at radius 1 is 1.17 bits per heavy atom. The molecule has 0 saturated heterocycles. The van der Waals surface area contributed by atoms with Gasteiger partial charge < -0.3 is 19.6 Å². The number of pyridine rings is 1. The van der Waals surface area contributed by atoms with Gasteiger partial charge in [0.05, 0.1) is 34.8 Å². The van der Waals surface area contributed by atoms with Crippen molar-refractivity contribution in [2.45, 2.75) is 6.61 Å². The monoisotopic (exact) mass is 511 g/mol. The second kappa shape index (κ2) is 8.89. The highest BCUT2D eigenvalue weighted by Gasteiger charge is 2.22. The van der Waals surface area contributed by atoms with Gasteiger partial charge in [-0.15, -0.1) is 11.3 Å². The number of aromatic nitrogens is 3. The predicted molar refractivity (Wildman–Crippen MR) is 128 cm³/mol. The number of benzene rings is 2. The largest absolute Gasteiger partial charge is 0.493 e.